The van der Waals surface area contributed by atoms with Crippen LogP contribution in [-0.4, -0.2) is 42.9 Å². The first-order chi connectivity index (χ1) is 13.2. The standard InChI is InChI=1S/C21H25O4.CH2O.W/c1-2-4-19(23)16-25-21-11-7-18(8-12-21)15-17-5-9-20(10-6-17)24-14-3-13-22;1-2;/h2-3,5-12,19,22-23H,1,4,13-16H2;1H2;/q-1;;. The fourth-order valence-corrected chi connectivity index (χ4v) is 2.30. The van der Waals surface area contributed by atoms with E-state index in [0.717, 1.165) is 17.9 Å². The summed E-state index contributed by atoms with van der Waals surface area (Å²) in [7, 11) is 0. The van der Waals surface area contributed by atoms with Crippen LogP contribution < -0.4 is 9.47 Å². The van der Waals surface area contributed by atoms with Crippen molar-refractivity contribution in [2.75, 3.05) is 19.8 Å². The summed E-state index contributed by atoms with van der Waals surface area (Å²) in [4.78, 5) is 8.00. The van der Waals surface area contributed by atoms with Crippen molar-refractivity contribution in [2.45, 2.75) is 18.9 Å². The Hall–Kier alpha value is -1.94. The van der Waals surface area contributed by atoms with Crippen LogP contribution >= 0.6 is 0 Å². The molecule has 1 unspecified atom stereocenters. The summed E-state index contributed by atoms with van der Waals surface area (Å²) in [6, 6.07) is 15.8. The average Bonchev–Trinajstić information content (AvgIpc) is 2.71. The summed E-state index contributed by atoms with van der Waals surface area (Å²) in [5.41, 5.74) is 2.37. The van der Waals surface area contributed by atoms with Gasteiger partial charge in [-0.3, -0.25) is 6.42 Å². The molecule has 5 nitrogen and oxygen atoms in total. The second-order valence-corrected chi connectivity index (χ2v) is 5.74. The molecule has 2 aromatic carbocycles. The summed E-state index contributed by atoms with van der Waals surface area (Å²) in [5, 5.41) is 18.3. The molecule has 2 rings (SSSR count). The molecule has 0 aliphatic heterocycles. The van der Waals surface area contributed by atoms with Crippen LogP contribution in [0.1, 0.15) is 17.5 Å². The minimum atomic E-state index is -0.520. The predicted octanol–water partition coefficient (Wildman–Crippen LogP) is 2.98. The van der Waals surface area contributed by atoms with E-state index in [1.165, 1.54) is 11.1 Å². The van der Waals surface area contributed by atoms with Gasteiger partial charge in [-0.2, -0.15) is 0 Å². The summed E-state index contributed by atoms with van der Waals surface area (Å²) in [5.74, 6) is 1.53. The van der Waals surface area contributed by atoms with Gasteiger partial charge in [-0.25, -0.2) is 0 Å². The van der Waals surface area contributed by atoms with Gasteiger partial charge in [0, 0.05) is 21.1 Å². The molecule has 0 saturated heterocycles. The normalized spacial score (nSPS) is 10.6. The number of rotatable bonds is 11. The Labute approximate surface area is 181 Å². The Bertz CT molecular complexity index is 643. The first kappa shape index (κ1) is 26.1. The van der Waals surface area contributed by atoms with Gasteiger partial charge in [0.05, 0.1) is 6.10 Å². The second-order valence-electron chi connectivity index (χ2n) is 5.74. The van der Waals surface area contributed by atoms with Crippen molar-refractivity contribution in [1.29, 1.82) is 0 Å². The van der Waals surface area contributed by atoms with Crippen molar-refractivity contribution in [3.8, 4) is 11.5 Å². The van der Waals surface area contributed by atoms with E-state index < -0.39 is 6.10 Å². The second kappa shape index (κ2) is 16.1. The molecule has 6 heteroatoms. The zero-order valence-electron chi connectivity index (χ0n) is 15.8. The van der Waals surface area contributed by atoms with Crippen LogP contribution in [0.15, 0.2) is 61.2 Å². The molecule has 0 fully saturated rings. The Morgan fingerprint density at radius 3 is 1.93 bits per heavy atom. The van der Waals surface area contributed by atoms with E-state index in [1.807, 2.05) is 55.3 Å². The van der Waals surface area contributed by atoms with E-state index in [9.17, 15) is 5.11 Å². The Morgan fingerprint density at radius 1 is 0.964 bits per heavy atom. The van der Waals surface area contributed by atoms with E-state index >= 15 is 0 Å². The van der Waals surface area contributed by atoms with Gasteiger partial charge in [0.15, 0.2) is 0 Å². The third-order valence-electron chi connectivity index (χ3n) is 3.63. The van der Waals surface area contributed by atoms with Gasteiger partial charge in [0.1, 0.15) is 24.9 Å². The molecule has 0 spiro atoms. The van der Waals surface area contributed by atoms with Crippen molar-refractivity contribution in [3.05, 3.63) is 78.7 Å². The fourth-order valence-electron chi connectivity index (χ4n) is 2.30. The molecule has 0 heterocycles. The zero-order valence-corrected chi connectivity index (χ0v) is 18.8. The monoisotopic (exact) mass is 555 g/mol. The number of benzene rings is 2. The number of ether oxygens (including phenoxy) is 2. The molecular formula is C22H27O5W-. The number of aliphatic hydroxyl groups excluding tert-OH is 2. The number of carbonyl (C=O) groups is 1. The van der Waals surface area contributed by atoms with Gasteiger partial charge in [0.25, 0.3) is 0 Å². The minimum absolute atomic E-state index is 0. The van der Waals surface area contributed by atoms with Crippen LogP contribution in [0.2, 0.25) is 0 Å². The van der Waals surface area contributed by atoms with Crippen molar-refractivity contribution in [2.24, 2.45) is 0 Å². The van der Waals surface area contributed by atoms with E-state index in [0.29, 0.717) is 13.0 Å². The Morgan fingerprint density at radius 2 is 1.46 bits per heavy atom. The molecule has 0 aliphatic carbocycles. The summed E-state index contributed by atoms with van der Waals surface area (Å²) in [6.45, 7) is 6.28. The molecule has 0 aliphatic rings. The van der Waals surface area contributed by atoms with Crippen molar-refractivity contribution in [1.82, 2.24) is 0 Å². The van der Waals surface area contributed by atoms with Gasteiger partial charge in [-0.05, 0) is 54.8 Å². The van der Waals surface area contributed by atoms with Crippen LogP contribution in [0, 0.1) is 6.42 Å². The average molecular weight is 555 g/mol. The topological polar surface area (TPSA) is 76.0 Å². The van der Waals surface area contributed by atoms with E-state index in [-0.39, 0.29) is 34.3 Å². The Kier molecular flexibility index (Phi) is 14.9. The quantitative estimate of drug-likeness (QED) is 0.254. The maximum atomic E-state index is 9.63. The maximum Gasteiger partial charge on any atom is 0.119 e. The predicted molar refractivity (Wildman–Crippen MR) is 106 cm³/mol. The number of aliphatic hydroxyl groups is 2. The van der Waals surface area contributed by atoms with Gasteiger partial charge >= 0.3 is 0 Å². The van der Waals surface area contributed by atoms with Gasteiger partial charge in [-0.15, -0.1) is 6.58 Å². The molecule has 1 atom stereocenters. The molecule has 0 aromatic heterocycles. The van der Waals surface area contributed by atoms with Crippen LogP contribution in [0.3, 0.4) is 0 Å². The number of hydrogen-bond acceptors (Lipinski definition) is 5. The first-order valence-electron chi connectivity index (χ1n) is 8.65. The summed E-state index contributed by atoms with van der Waals surface area (Å²) < 4.78 is 11.0. The molecule has 152 valence electrons. The maximum absolute atomic E-state index is 9.63. The molecule has 2 N–H and O–H groups in total. The zero-order chi connectivity index (χ0) is 19.9. The Balaban J connectivity index is 0.00000235. The molecule has 28 heavy (non-hydrogen) atoms. The van der Waals surface area contributed by atoms with E-state index in [1.54, 1.807) is 12.5 Å². The summed E-state index contributed by atoms with van der Waals surface area (Å²) >= 11 is 0. The fraction of sp³-hybridized carbons (Fsp3) is 0.273. The smallest absolute Gasteiger partial charge is 0.119 e. The SMILES string of the molecule is C=CCC(O)COc1ccc(Cc2ccc(OC[CH-]CO)cc2)cc1.C=O.[W]. The largest absolute Gasteiger partial charge is 0.525 e. The van der Waals surface area contributed by atoms with Gasteiger partial charge in [-0.1, -0.05) is 36.9 Å². The van der Waals surface area contributed by atoms with Crippen molar-refractivity contribution >= 4 is 6.79 Å². The molecule has 0 radical (unpaired) electrons. The summed E-state index contributed by atoms with van der Waals surface area (Å²) in [6.07, 6.45) is 4.16. The third kappa shape index (κ3) is 10.4. The van der Waals surface area contributed by atoms with Crippen LogP contribution in [0.5, 0.6) is 11.5 Å². The first-order valence-corrected chi connectivity index (χ1v) is 8.65. The minimum Gasteiger partial charge on any atom is -0.525 e. The van der Waals surface area contributed by atoms with Crippen LogP contribution in [0.4, 0.5) is 0 Å². The molecule has 0 bridgehead atoms. The molecule has 2 aromatic rings. The molecular weight excluding hydrogens is 528 g/mol. The molecule has 0 saturated carbocycles. The van der Waals surface area contributed by atoms with Crippen LogP contribution in [-0.2, 0) is 32.3 Å². The number of carbonyl (C=O) groups excluding carboxylic acids is 1. The van der Waals surface area contributed by atoms with E-state index in [4.69, 9.17) is 19.4 Å². The van der Waals surface area contributed by atoms with Crippen molar-refractivity contribution in [3.63, 3.8) is 0 Å². The number of hydrogen-bond donors (Lipinski definition) is 2. The van der Waals surface area contributed by atoms with Gasteiger partial charge in [0.2, 0.25) is 0 Å². The van der Waals surface area contributed by atoms with Crippen LogP contribution in [0.25, 0.3) is 0 Å². The van der Waals surface area contributed by atoms with Crippen molar-refractivity contribution < 1.29 is 45.5 Å². The van der Waals surface area contributed by atoms with E-state index in [2.05, 4.69) is 6.58 Å². The molecule has 0 amide bonds. The van der Waals surface area contributed by atoms with Gasteiger partial charge < -0.3 is 24.5 Å². The third-order valence-corrected chi connectivity index (χ3v) is 3.63.